The van der Waals surface area contributed by atoms with E-state index in [9.17, 15) is 4.79 Å². The number of carbonyl (C=O) groups excluding carboxylic acids is 1. The predicted octanol–water partition coefficient (Wildman–Crippen LogP) is 1.16. The highest BCUT2D eigenvalue weighted by atomic mass is 32.2. The van der Waals surface area contributed by atoms with Gasteiger partial charge in [-0.1, -0.05) is 20.8 Å². The van der Waals surface area contributed by atoms with E-state index in [1.165, 1.54) is 12.2 Å². The minimum atomic E-state index is -0.0486. The molecule has 2 atom stereocenters. The van der Waals surface area contributed by atoms with Crippen LogP contribution >= 0.6 is 11.8 Å². The van der Waals surface area contributed by atoms with Gasteiger partial charge in [-0.05, 0) is 17.6 Å². The van der Waals surface area contributed by atoms with Gasteiger partial charge in [-0.15, -0.1) is 0 Å². The van der Waals surface area contributed by atoms with Crippen LogP contribution in [0.5, 0.6) is 0 Å². The van der Waals surface area contributed by atoms with E-state index >= 15 is 0 Å². The Morgan fingerprint density at radius 1 is 1.50 bits per heavy atom. The fourth-order valence-corrected chi connectivity index (χ4v) is 4.34. The van der Waals surface area contributed by atoms with Gasteiger partial charge < -0.3 is 0 Å². The molecule has 2 N–H and O–H groups in total. The lowest BCUT2D eigenvalue weighted by molar-refractivity contribution is -0.123. The zero-order chi connectivity index (χ0) is 10.4. The van der Waals surface area contributed by atoms with Crippen LogP contribution in [-0.4, -0.2) is 23.0 Å². The summed E-state index contributed by atoms with van der Waals surface area (Å²) < 4.78 is 0. The summed E-state index contributed by atoms with van der Waals surface area (Å²) in [6, 6.07) is 0. The van der Waals surface area contributed by atoms with E-state index in [1.54, 1.807) is 0 Å². The van der Waals surface area contributed by atoms with Gasteiger partial charge in [0.05, 0.1) is 11.5 Å². The second-order valence-electron chi connectivity index (χ2n) is 4.99. The standard InChI is InChI=1S/C10H18N2OS/c1-7-8(13)11-12-10(7)6-14-5-4-9(10,2)3/h7,12H,4-6H2,1-3H3,(H,11,13). The Hall–Kier alpha value is -0.220. The Morgan fingerprint density at radius 3 is 2.71 bits per heavy atom. The number of nitrogens with one attached hydrogen (secondary N) is 2. The molecule has 80 valence electrons. The van der Waals surface area contributed by atoms with Gasteiger partial charge in [0.2, 0.25) is 5.91 Å². The third-order valence-electron chi connectivity index (χ3n) is 3.95. The fourth-order valence-electron chi connectivity index (χ4n) is 2.51. The van der Waals surface area contributed by atoms with Crippen molar-refractivity contribution in [1.29, 1.82) is 0 Å². The van der Waals surface area contributed by atoms with E-state index in [0.717, 1.165) is 5.75 Å². The molecular weight excluding hydrogens is 196 g/mol. The van der Waals surface area contributed by atoms with Crippen LogP contribution in [0.3, 0.4) is 0 Å². The molecule has 0 saturated carbocycles. The number of thioether (sulfide) groups is 1. The number of hydrazine groups is 1. The molecule has 1 amide bonds. The summed E-state index contributed by atoms with van der Waals surface area (Å²) in [6.07, 6.45) is 1.17. The van der Waals surface area contributed by atoms with Gasteiger partial charge in [-0.2, -0.15) is 11.8 Å². The Labute approximate surface area is 89.4 Å². The third kappa shape index (κ3) is 1.20. The number of rotatable bonds is 0. The Kier molecular flexibility index (Phi) is 2.31. The van der Waals surface area contributed by atoms with Crippen LogP contribution in [0.25, 0.3) is 0 Å². The second-order valence-corrected chi connectivity index (χ2v) is 6.10. The molecule has 14 heavy (non-hydrogen) atoms. The zero-order valence-corrected chi connectivity index (χ0v) is 9.83. The average Bonchev–Trinajstić information content (AvgIpc) is 2.40. The molecule has 0 aromatic heterocycles. The molecule has 2 heterocycles. The maximum Gasteiger partial charge on any atom is 0.238 e. The Bertz CT molecular complexity index is 267. The lowest BCUT2D eigenvalue weighted by Crippen LogP contribution is -2.61. The number of hydrogen-bond acceptors (Lipinski definition) is 3. The number of carbonyl (C=O) groups is 1. The van der Waals surface area contributed by atoms with Crippen molar-refractivity contribution < 1.29 is 4.79 Å². The molecule has 2 aliphatic heterocycles. The van der Waals surface area contributed by atoms with Crippen LogP contribution in [0, 0.1) is 11.3 Å². The highest BCUT2D eigenvalue weighted by Crippen LogP contribution is 2.47. The quantitative estimate of drug-likeness (QED) is 0.636. The first-order valence-electron chi connectivity index (χ1n) is 5.14. The largest absolute Gasteiger partial charge is 0.291 e. The van der Waals surface area contributed by atoms with Crippen molar-refractivity contribution in [2.75, 3.05) is 11.5 Å². The zero-order valence-electron chi connectivity index (χ0n) is 9.02. The Morgan fingerprint density at radius 2 is 2.21 bits per heavy atom. The number of amides is 1. The summed E-state index contributed by atoms with van der Waals surface area (Å²) in [5, 5.41) is 0. The maximum atomic E-state index is 11.6. The van der Waals surface area contributed by atoms with Crippen molar-refractivity contribution in [2.24, 2.45) is 11.3 Å². The van der Waals surface area contributed by atoms with Crippen molar-refractivity contribution in [2.45, 2.75) is 32.7 Å². The van der Waals surface area contributed by atoms with E-state index in [2.05, 4.69) is 24.7 Å². The molecule has 1 spiro atoms. The van der Waals surface area contributed by atoms with Crippen molar-refractivity contribution >= 4 is 17.7 Å². The lowest BCUT2D eigenvalue weighted by atomic mass is 9.66. The molecular formula is C10H18N2OS. The van der Waals surface area contributed by atoms with E-state index < -0.39 is 0 Å². The van der Waals surface area contributed by atoms with Crippen LogP contribution in [-0.2, 0) is 4.79 Å². The molecule has 0 bridgehead atoms. The van der Waals surface area contributed by atoms with Gasteiger partial charge in [-0.25, -0.2) is 5.43 Å². The molecule has 2 aliphatic rings. The maximum absolute atomic E-state index is 11.6. The summed E-state index contributed by atoms with van der Waals surface area (Å²) in [5.41, 5.74) is 6.17. The van der Waals surface area contributed by atoms with Gasteiger partial charge in [0.15, 0.2) is 0 Å². The minimum absolute atomic E-state index is 0.0486. The summed E-state index contributed by atoms with van der Waals surface area (Å²) in [6.45, 7) is 6.55. The first kappa shape index (κ1) is 10.3. The van der Waals surface area contributed by atoms with Crippen molar-refractivity contribution in [3.8, 4) is 0 Å². The summed E-state index contributed by atoms with van der Waals surface area (Å²) in [5.74, 6) is 2.45. The van der Waals surface area contributed by atoms with Gasteiger partial charge in [0, 0.05) is 5.75 Å². The van der Waals surface area contributed by atoms with Crippen molar-refractivity contribution in [1.82, 2.24) is 10.9 Å². The predicted molar refractivity (Wildman–Crippen MR) is 58.9 cm³/mol. The smallest absolute Gasteiger partial charge is 0.238 e. The highest BCUT2D eigenvalue weighted by molar-refractivity contribution is 7.99. The van der Waals surface area contributed by atoms with Crippen LogP contribution in [0.2, 0.25) is 0 Å². The SMILES string of the molecule is CC1C(=O)NNC12CSCCC2(C)C. The third-order valence-corrected chi connectivity index (χ3v) is 5.10. The Balaban J connectivity index is 2.33. The van der Waals surface area contributed by atoms with Crippen molar-refractivity contribution in [3.05, 3.63) is 0 Å². The van der Waals surface area contributed by atoms with Gasteiger partial charge in [0.25, 0.3) is 0 Å². The molecule has 0 radical (unpaired) electrons. The normalized spacial score (nSPS) is 41.4. The van der Waals surface area contributed by atoms with Crippen LogP contribution in [0.4, 0.5) is 0 Å². The van der Waals surface area contributed by atoms with E-state index in [-0.39, 0.29) is 22.8 Å². The molecule has 3 nitrogen and oxygen atoms in total. The van der Waals surface area contributed by atoms with Gasteiger partial charge in [0.1, 0.15) is 0 Å². The molecule has 0 aliphatic carbocycles. The average molecular weight is 214 g/mol. The van der Waals surface area contributed by atoms with Crippen molar-refractivity contribution in [3.63, 3.8) is 0 Å². The minimum Gasteiger partial charge on any atom is -0.291 e. The number of hydrogen-bond donors (Lipinski definition) is 2. The molecule has 0 aromatic carbocycles. The van der Waals surface area contributed by atoms with Crippen LogP contribution in [0.1, 0.15) is 27.2 Å². The van der Waals surface area contributed by atoms with E-state index in [0.29, 0.717) is 0 Å². The summed E-state index contributed by atoms with van der Waals surface area (Å²) in [7, 11) is 0. The molecule has 2 rings (SSSR count). The fraction of sp³-hybridized carbons (Fsp3) is 0.900. The summed E-state index contributed by atoms with van der Waals surface area (Å²) >= 11 is 1.94. The summed E-state index contributed by atoms with van der Waals surface area (Å²) in [4.78, 5) is 11.6. The monoisotopic (exact) mass is 214 g/mol. The van der Waals surface area contributed by atoms with Gasteiger partial charge >= 0.3 is 0 Å². The molecule has 0 aromatic rings. The first-order chi connectivity index (χ1) is 6.50. The van der Waals surface area contributed by atoms with E-state index in [4.69, 9.17) is 0 Å². The molecule has 2 saturated heterocycles. The lowest BCUT2D eigenvalue weighted by Gasteiger charge is -2.48. The van der Waals surface area contributed by atoms with Gasteiger partial charge in [-0.3, -0.25) is 10.2 Å². The first-order valence-corrected chi connectivity index (χ1v) is 6.30. The van der Waals surface area contributed by atoms with Crippen LogP contribution < -0.4 is 10.9 Å². The van der Waals surface area contributed by atoms with E-state index in [1.807, 2.05) is 18.7 Å². The topological polar surface area (TPSA) is 41.1 Å². The molecule has 4 heteroatoms. The molecule has 2 fully saturated rings. The second kappa shape index (κ2) is 3.14. The molecule has 2 unspecified atom stereocenters. The van der Waals surface area contributed by atoms with Crippen LogP contribution in [0.15, 0.2) is 0 Å². The highest BCUT2D eigenvalue weighted by Gasteiger charge is 2.56.